The van der Waals surface area contributed by atoms with E-state index < -0.39 is 10.9 Å². The summed E-state index contributed by atoms with van der Waals surface area (Å²) in [5.74, 6) is -0.191. The van der Waals surface area contributed by atoms with Crippen LogP contribution in [0.4, 0.5) is 5.69 Å². The molecular formula is C11H12ClNO5. The van der Waals surface area contributed by atoms with Gasteiger partial charge in [-0.2, -0.15) is 0 Å². The van der Waals surface area contributed by atoms with E-state index in [1.165, 1.54) is 26.4 Å². The summed E-state index contributed by atoms with van der Waals surface area (Å²) < 4.78 is 9.51. The Balaban J connectivity index is 3.34. The van der Waals surface area contributed by atoms with E-state index in [0.29, 0.717) is 11.3 Å². The molecule has 1 aromatic rings. The Labute approximate surface area is 109 Å². The highest BCUT2D eigenvalue weighted by atomic mass is 35.5. The molecule has 0 saturated heterocycles. The summed E-state index contributed by atoms with van der Waals surface area (Å²) in [7, 11) is 2.65. The maximum Gasteiger partial charge on any atom is 0.310 e. The van der Waals surface area contributed by atoms with Crippen molar-refractivity contribution in [2.24, 2.45) is 0 Å². The molecule has 1 rings (SSSR count). The molecule has 0 bridgehead atoms. The Morgan fingerprint density at radius 1 is 1.39 bits per heavy atom. The quantitative estimate of drug-likeness (QED) is 0.355. The number of nitrogens with zero attached hydrogens (tertiary/aromatic N) is 1. The fourth-order valence-electron chi connectivity index (χ4n) is 1.54. The molecule has 1 aromatic carbocycles. The lowest BCUT2D eigenvalue weighted by Crippen LogP contribution is -2.08. The SMILES string of the molecule is COC(=O)Cc1cc(OC)cc(CCl)c1[N+](=O)[O-]. The van der Waals surface area contributed by atoms with Crippen molar-refractivity contribution in [2.75, 3.05) is 14.2 Å². The van der Waals surface area contributed by atoms with Gasteiger partial charge in [0.2, 0.25) is 0 Å². The molecular weight excluding hydrogens is 262 g/mol. The van der Waals surface area contributed by atoms with Crippen LogP contribution in [0.15, 0.2) is 12.1 Å². The lowest BCUT2D eigenvalue weighted by atomic mass is 10.0. The standard InChI is InChI=1S/C11H12ClNO5/c1-17-9-3-7(5-10(14)18-2)11(13(15)16)8(4-9)6-12/h3-4H,5-6H2,1-2H3. The first-order valence-electron chi connectivity index (χ1n) is 5.00. The fourth-order valence-corrected chi connectivity index (χ4v) is 1.75. The van der Waals surface area contributed by atoms with Crippen LogP contribution in [0, 0.1) is 10.1 Å². The minimum Gasteiger partial charge on any atom is -0.497 e. The van der Waals surface area contributed by atoms with Gasteiger partial charge in [-0.05, 0) is 12.1 Å². The van der Waals surface area contributed by atoms with Gasteiger partial charge in [-0.15, -0.1) is 11.6 Å². The first-order chi connectivity index (χ1) is 8.53. The van der Waals surface area contributed by atoms with Crippen LogP contribution < -0.4 is 4.74 Å². The van der Waals surface area contributed by atoms with Crippen LogP contribution in [0.5, 0.6) is 5.75 Å². The van der Waals surface area contributed by atoms with Crippen LogP contribution in [0.25, 0.3) is 0 Å². The van der Waals surface area contributed by atoms with E-state index in [2.05, 4.69) is 4.74 Å². The molecule has 7 heteroatoms. The molecule has 0 saturated carbocycles. The Hall–Kier alpha value is -1.82. The van der Waals surface area contributed by atoms with Crippen LogP contribution >= 0.6 is 11.6 Å². The van der Waals surface area contributed by atoms with Gasteiger partial charge in [0.05, 0.1) is 31.4 Å². The van der Waals surface area contributed by atoms with Crippen LogP contribution in [0.1, 0.15) is 11.1 Å². The van der Waals surface area contributed by atoms with Gasteiger partial charge in [0, 0.05) is 11.1 Å². The van der Waals surface area contributed by atoms with Crippen LogP contribution in [0.3, 0.4) is 0 Å². The summed E-state index contributed by atoms with van der Waals surface area (Å²) in [5, 5.41) is 11.0. The topological polar surface area (TPSA) is 78.7 Å². The number of halogens is 1. The highest BCUT2D eigenvalue weighted by Crippen LogP contribution is 2.31. The van der Waals surface area contributed by atoms with E-state index in [9.17, 15) is 14.9 Å². The average molecular weight is 274 g/mol. The largest absolute Gasteiger partial charge is 0.497 e. The second-order valence-corrected chi connectivity index (χ2v) is 3.71. The lowest BCUT2D eigenvalue weighted by Gasteiger charge is -2.08. The molecule has 0 N–H and O–H groups in total. The van der Waals surface area contributed by atoms with Gasteiger partial charge in [0.15, 0.2) is 0 Å². The van der Waals surface area contributed by atoms with E-state index >= 15 is 0 Å². The maximum atomic E-state index is 11.2. The Bertz CT molecular complexity index is 475. The first-order valence-corrected chi connectivity index (χ1v) is 5.53. The number of carbonyl (C=O) groups excluding carboxylic acids is 1. The van der Waals surface area contributed by atoms with Crippen molar-refractivity contribution >= 4 is 23.3 Å². The predicted molar refractivity (Wildman–Crippen MR) is 64.9 cm³/mol. The van der Waals surface area contributed by atoms with Crippen molar-refractivity contribution < 1.29 is 19.2 Å². The predicted octanol–water partition coefficient (Wildman–Crippen LogP) is 2.06. The van der Waals surface area contributed by atoms with Gasteiger partial charge in [-0.3, -0.25) is 14.9 Å². The van der Waals surface area contributed by atoms with Gasteiger partial charge >= 0.3 is 5.97 Å². The Kier molecular flexibility index (Phi) is 4.91. The second-order valence-electron chi connectivity index (χ2n) is 3.44. The molecule has 0 aliphatic heterocycles. The summed E-state index contributed by atoms with van der Waals surface area (Å²) in [6.07, 6.45) is -0.200. The van der Waals surface area contributed by atoms with E-state index in [1.807, 2.05) is 0 Å². The summed E-state index contributed by atoms with van der Waals surface area (Å²) in [6, 6.07) is 2.91. The third kappa shape index (κ3) is 3.10. The zero-order valence-corrected chi connectivity index (χ0v) is 10.7. The molecule has 0 heterocycles. The van der Waals surface area contributed by atoms with E-state index in [4.69, 9.17) is 16.3 Å². The molecule has 0 aromatic heterocycles. The molecule has 18 heavy (non-hydrogen) atoms. The third-order valence-electron chi connectivity index (χ3n) is 2.37. The highest BCUT2D eigenvalue weighted by molar-refractivity contribution is 6.17. The maximum absolute atomic E-state index is 11.2. The van der Waals surface area contributed by atoms with Gasteiger partial charge in [0.1, 0.15) is 5.75 Å². The monoisotopic (exact) mass is 273 g/mol. The summed E-state index contributed by atoms with van der Waals surface area (Å²) in [6.45, 7) is 0. The van der Waals surface area contributed by atoms with Crippen molar-refractivity contribution in [1.82, 2.24) is 0 Å². The summed E-state index contributed by atoms with van der Waals surface area (Å²) >= 11 is 5.67. The summed E-state index contributed by atoms with van der Waals surface area (Å²) in [5.41, 5.74) is 0.359. The van der Waals surface area contributed by atoms with Crippen LogP contribution in [0.2, 0.25) is 0 Å². The minimum atomic E-state index is -0.563. The number of carbonyl (C=O) groups is 1. The molecule has 0 aliphatic rings. The Morgan fingerprint density at radius 2 is 2.00 bits per heavy atom. The van der Waals surface area contributed by atoms with Crippen LogP contribution in [-0.2, 0) is 21.8 Å². The number of rotatable bonds is 5. The molecule has 0 amide bonds. The van der Waals surface area contributed by atoms with Gasteiger partial charge in [-0.25, -0.2) is 0 Å². The number of nitro groups is 1. The highest BCUT2D eigenvalue weighted by Gasteiger charge is 2.23. The van der Waals surface area contributed by atoms with Crippen molar-refractivity contribution in [2.45, 2.75) is 12.3 Å². The van der Waals surface area contributed by atoms with Crippen molar-refractivity contribution in [3.8, 4) is 5.75 Å². The van der Waals surface area contributed by atoms with Crippen molar-refractivity contribution in [1.29, 1.82) is 0 Å². The van der Waals surface area contributed by atoms with Crippen LogP contribution in [-0.4, -0.2) is 25.1 Å². The molecule has 0 radical (unpaired) electrons. The van der Waals surface area contributed by atoms with E-state index in [0.717, 1.165) is 0 Å². The number of ether oxygens (including phenoxy) is 2. The zero-order chi connectivity index (χ0) is 13.7. The van der Waals surface area contributed by atoms with Crippen molar-refractivity contribution in [3.63, 3.8) is 0 Å². The second kappa shape index (κ2) is 6.20. The number of nitro benzene ring substituents is 1. The van der Waals surface area contributed by atoms with E-state index in [1.54, 1.807) is 0 Å². The third-order valence-corrected chi connectivity index (χ3v) is 2.65. The molecule has 98 valence electrons. The minimum absolute atomic E-state index is 0.0400. The zero-order valence-electron chi connectivity index (χ0n) is 9.94. The van der Waals surface area contributed by atoms with E-state index in [-0.39, 0.29) is 23.6 Å². The Morgan fingerprint density at radius 3 is 2.44 bits per heavy atom. The molecule has 0 spiro atoms. The fraction of sp³-hybridized carbons (Fsp3) is 0.364. The summed E-state index contributed by atoms with van der Waals surface area (Å²) in [4.78, 5) is 21.7. The number of alkyl halides is 1. The molecule has 6 nitrogen and oxygen atoms in total. The number of hydrogen-bond acceptors (Lipinski definition) is 5. The molecule has 0 aliphatic carbocycles. The van der Waals surface area contributed by atoms with Gasteiger partial charge < -0.3 is 9.47 Å². The lowest BCUT2D eigenvalue weighted by molar-refractivity contribution is -0.386. The van der Waals surface area contributed by atoms with Gasteiger partial charge in [-0.1, -0.05) is 0 Å². The average Bonchev–Trinajstić information content (AvgIpc) is 2.36. The molecule has 0 unspecified atom stereocenters. The molecule has 0 atom stereocenters. The smallest absolute Gasteiger partial charge is 0.310 e. The van der Waals surface area contributed by atoms with Gasteiger partial charge in [0.25, 0.3) is 5.69 Å². The molecule has 0 fully saturated rings. The first kappa shape index (κ1) is 14.2. The van der Waals surface area contributed by atoms with Crippen molar-refractivity contribution in [3.05, 3.63) is 33.4 Å². The number of hydrogen-bond donors (Lipinski definition) is 0. The normalized spacial score (nSPS) is 9.94. The number of benzene rings is 1. The number of esters is 1. The number of methoxy groups -OCH3 is 2.